The quantitative estimate of drug-likeness (QED) is 0.224. The lowest BCUT2D eigenvalue weighted by Gasteiger charge is -2.13. The van der Waals surface area contributed by atoms with Crippen LogP contribution in [0.4, 0.5) is 11.4 Å². The highest BCUT2D eigenvalue weighted by molar-refractivity contribution is 6.35. The van der Waals surface area contributed by atoms with Gasteiger partial charge in [-0.1, -0.05) is 72.3 Å². The molecule has 0 atom stereocenters. The molecular formula is C29H22ClN3O2. The van der Waals surface area contributed by atoms with Crippen LogP contribution in [0.15, 0.2) is 96.0 Å². The summed E-state index contributed by atoms with van der Waals surface area (Å²) >= 11 is 6.38. The Hall–Kier alpha value is -4.35. The van der Waals surface area contributed by atoms with Gasteiger partial charge in [-0.05, 0) is 49.5 Å². The van der Waals surface area contributed by atoms with E-state index >= 15 is 0 Å². The van der Waals surface area contributed by atoms with E-state index in [9.17, 15) is 9.59 Å². The van der Waals surface area contributed by atoms with Gasteiger partial charge in [-0.15, -0.1) is 0 Å². The highest BCUT2D eigenvalue weighted by Gasteiger charge is 2.17. The second-order valence-electron chi connectivity index (χ2n) is 7.92. The van der Waals surface area contributed by atoms with Crippen LogP contribution in [-0.4, -0.2) is 24.1 Å². The fourth-order valence-corrected chi connectivity index (χ4v) is 4.00. The van der Waals surface area contributed by atoms with E-state index in [0.29, 0.717) is 33.6 Å². The number of nitrogens with one attached hydrogen (secondary N) is 2. The zero-order valence-electron chi connectivity index (χ0n) is 19.0. The molecule has 0 fully saturated rings. The van der Waals surface area contributed by atoms with Crippen molar-refractivity contribution in [2.24, 2.45) is 4.99 Å². The molecule has 2 N–H and O–H groups in total. The van der Waals surface area contributed by atoms with Gasteiger partial charge in [0.1, 0.15) is 0 Å². The highest BCUT2D eigenvalue weighted by atomic mass is 35.5. The van der Waals surface area contributed by atoms with Crippen LogP contribution >= 0.6 is 11.6 Å². The third-order valence-electron chi connectivity index (χ3n) is 5.62. The first kappa shape index (κ1) is 23.8. The second kappa shape index (κ2) is 10.3. The monoisotopic (exact) mass is 479 g/mol. The van der Waals surface area contributed by atoms with E-state index in [2.05, 4.69) is 17.0 Å². The van der Waals surface area contributed by atoms with Crippen LogP contribution in [0.5, 0.6) is 0 Å². The Labute approximate surface area is 208 Å². The van der Waals surface area contributed by atoms with Crippen molar-refractivity contribution in [1.29, 1.82) is 5.41 Å². The number of hydrogen-bond donors (Lipinski definition) is 2. The molecule has 0 aliphatic rings. The smallest absolute Gasteiger partial charge is 0.257 e. The molecule has 35 heavy (non-hydrogen) atoms. The predicted molar refractivity (Wildman–Crippen MR) is 142 cm³/mol. The molecule has 0 heterocycles. The van der Waals surface area contributed by atoms with Crippen LogP contribution in [-0.2, 0) is 0 Å². The van der Waals surface area contributed by atoms with Crippen molar-refractivity contribution in [2.75, 3.05) is 5.32 Å². The Morgan fingerprint density at radius 1 is 0.829 bits per heavy atom. The summed E-state index contributed by atoms with van der Waals surface area (Å²) < 4.78 is 0. The normalized spacial score (nSPS) is 10.5. The molecule has 4 aromatic carbocycles. The van der Waals surface area contributed by atoms with Gasteiger partial charge >= 0.3 is 0 Å². The number of nitrogens with zero attached hydrogens (tertiary/aromatic N) is 1. The van der Waals surface area contributed by atoms with Crippen LogP contribution in [0.2, 0.25) is 5.02 Å². The third-order valence-corrected chi connectivity index (χ3v) is 5.93. The number of carbonyl (C=O) groups is 2. The van der Waals surface area contributed by atoms with Crippen LogP contribution in [0.25, 0.3) is 0 Å². The van der Waals surface area contributed by atoms with E-state index < -0.39 is 5.91 Å². The van der Waals surface area contributed by atoms with E-state index in [0.717, 1.165) is 5.56 Å². The molecule has 0 saturated carbocycles. The van der Waals surface area contributed by atoms with Crippen molar-refractivity contribution >= 4 is 47.1 Å². The van der Waals surface area contributed by atoms with E-state index in [1.165, 1.54) is 12.1 Å². The summed E-state index contributed by atoms with van der Waals surface area (Å²) in [6.45, 7) is 5.49. The molecule has 0 aliphatic carbocycles. The van der Waals surface area contributed by atoms with Gasteiger partial charge in [0.05, 0.1) is 22.0 Å². The van der Waals surface area contributed by atoms with Crippen molar-refractivity contribution < 1.29 is 9.59 Å². The molecular weight excluding hydrogens is 458 g/mol. The molecule has 0 saturated heterocycles. The molecule has 0 spiro atoms. The number of anilines is 1. The Morgan fingerprint density at radius 2 is 1.54 bits per heavy atom. The van der Waals surface area contributed by atoms with Crippen molar-refractivity contribution in [3.8, 4) is 0 Å². The van der Waals surface area contributed by atoms with Crippen molar-refractivity contribution in [1.82, 2.24) is 0 Å². The number of hydrogen-bond acceptors (Lipinski definition) is 4. The Kier molecular flexibility index (Phi) is 6.99. The van der Waals surface area contributed by atoms with Crippen LogP contribution in [0, 0.1) is 12.3 Å². The minimum absolute atomic E-state index is 0.171. The lowest BCUT2D eigenvalue weighted by Crippen LogP contribution is -2.14. The summed E-state index contributed by atoms with van der Waals surface area (Å²) in [5, 5.41) is 11.7. The van der Waals surface area contributed by atoms with Crippen LogP contribution < -0.4 is 5.32 Å². The highest BCUT2D eigenvalue weighted by Crippen LogP contribution is 2.26. The van der Waals surface area contributed by atoms with Gasteiger partial charge in [-0.3, -0.25) is 20.0 Å². The molecule has 172 valence electrons. The molecule has 4 aromatic rings. The van der Waals surface area contributed by atoms with Crippen LogP contribution in [0.1, 0.15) is 43.0 Å². The SMILES string of the molecule is C=Nc1ccccc1C(=N)c1cc(NC(=O)c2ccc(C(=O)c3ccccc3)cc2Cl)ccc1C. The second-order valence-corrected chi connectivity index (χ2v) is 8.33. The maximum Gasteiger partial charge on any atom is 0.257 e. The summed E-state index contributed by atoms with van der Waals surface area (Å²) in [6.07, 6.45) is 0. The van der Waals surface area contributed by atoms with E-state index in [1.54, 1.807) is 48.5 Å². The minimum atomic E-state index is -0.414. The average molecular weight is 480 g/mol. The lowest BCUT2D eigenvalue weighted by atomic mass is 9.96. The number of amides is 1. The van der Waals surface area contributed by atoms with Gasteiger partial charge < -0.3 is 5.32 Å². The molecule has 5 nitrogen and oxygen atoms in total. The number of carbonyl (C=O) groups excluding carboxylic acids is 2. The number of benzene rings is 4. The molecule has 1 amide bonds. The number of aryl methyl sites for hydroxylation is 1. The number of para-hydroxylation sites is 1. The number of ketones is 1. The van der Waals surface area contributed by atoms with E-state index in [4.69, 9.17) is 17.0 Å². The molecule has 0 unspecified atom stereocenters. The summed E-state index contributed by atoms with van der Waals surface area (Å²) in [7, 11) is 0. The standard InChI is InChI=1S/C29H22ClN3O2/c1-18-12-14-21(17-24(18)27(31)23-10-6-7-11-26(23)32-2)33-29(35)22-15-13-20(16-25(22)30)28(34)19-8-4-3-5-9-19/h3-17,31H,2H2,1H3,(H,33,35). The Morgan fingerprint density at radius 3 is 2.26 bits per heavy atom. The van der Waals surface area contributed by atoms with E-state index in [-0.39, 0.29) is 22.1 Å². The molecule has 0 aromatic heterocycles. The fourth-order valence-electron chi connectivity index (χ4n) is 3.73. The Bertz CT molecular complexity index is 1460. The van der Waals surface area contributed by atoms with Gasteiger partial charge in [0, 0.05) is 27.9 Å². The van der Waals surface area contributed by atoms with Gasteiger partial charge in [-0.2, -0.15) is 0 Å². The molecule has 0 bridgehead atoms. The number of halogens is 1. The molecule has 6 heteroatoms. The maximum atomic E-state index is 13.0. The number of rotatable bonds is 7. The topological polar surface area (TPSA) is 82.4 Å². The summed E-state index contributed by atoms with van der Waals surface area (Å²) in [5.41, 5.74) is 4.80. The lowest BCUT2D eigenvalue weighted by molar-refractivity contribution is 0.102. The summed E-state index contributed by atoms with van der Waals surface area (Å²) in [6, 6.07) is 26.2. The van der Waals surface area contributed by atoms with Crippen molar-refractivity contribution in [3.05, 3.63) is 129 Å². The third kappa shape index (κ3) is 5.10. The largest absolute Gasteiger partial charge is 0.322 e. The zero-order valence-corrected chi connectivity index (χ0v) is 19.8. The van der Waals surface area contributed by atoms with Gasteiger partial charge in [0.2, 0.25) is 0 Å². The maximum absolute atomic E-state index is 13.0. The first-order valence-electron chi connectivity index (χ1n) is 10.9. The molecule has 0 radical (unpaired) electrons. The van der Waals surface area contributed by atoms with Crippen LogP contribution in [0.3, 0.4) is 0 Å². The summed E-state index contributed by atoms with van der Waals surface area (Å²) in [4.78, 5) is 29.6. The van der Waals surface area contributed by atoms with Crippen molar-refractivity contribution in [3.63, 3.8) is 0 Å². The first-order chi connectivity index (χ1) is 16.9. The number of aliphatic imine (C=N–C) groups is 1. The Balaban J connectivity index is 1.57. The van der Waals surface area contributed by atoms with Crippen molar-refractivity contribution in [2.45, 2.75) is 6.92 Å². The van der Waals surface area contributed by atoms with Gasteiger partial charge in [0.15, 0.2) is 5.78 Å². The zero-order chi connectivity index (χ0) is 24.9. The molecule has 0 aliphatic heterocycles. The van der Waals surface area contributed by atoms with Gasteiger partial charge in [0.25, 0.3) is 5.91 Å². The summed E-state index contributed by atoms with van der Waals surface area (Å²) in [5.74, 6) is -0.585. The fraction of sp³-hybridized carbons (Fsp3) is 0.0345. The minimum Gasteiger partial charge on any atom is -0.322 e. The predicted octanol–water partition coefficient (Wildman–Crippen LogP) is 6.88. The molecule has 4 rings (SSSR count). The van der Waals surface area contributed by atoms with Gasteiger partial charge in [-0.25, -0.2) is 0 Å². The average Bonchev–Trinajstić information content (AvgIpc) is 2.89. The first-order valence-corrected chi connectivity index (χ1v) is 11.2. The van der Waals surface area contributed by atoms with E-state index in [1.807, 2.05) is 37.3 Å².